The van der Waals surface area contributed by atoms with Gasteiger partial charge in [0.15, 0.2) is 0 Å². The van der Waals surface area contributed by atoms with Gasteiger partial charge in [-0.15, -0.1) is 0 Å². The van der Waals surface area contributed by atoms with E-state index in [2.05, 4.69) is 44.0 Å². The highest BCUT2D eigenvalue weighted by Crippen LogP contribution is 2.32. The molecule has 2 heterocycles. The lowest BCUT2D eigenvalue weighted by Gasteiger charge is -2.27. The van der Waals surface area contributed by atoms with Crippen molar-refractivity contribution in [3.63, 3.8) is 0 Å². The molecule has 0 bridgehead atoms. The van der Waals surface area contributed by atoms with Crippen LogP contribution in [-0.4, -0.2) is 29.4 Å². The van der Waals surface area contributed by atoms with Gasteiger partial charge in [-0.3, -0.25) is 4.79 Å². The minimum absolute atomic E-state index is 0.0737. The van der Waals surface area contributed by atoms with E-state index in [4.69, 9.17) is 4.74 Å². The highest BCUT2D eigenvalue weighted by Gasteiger charge is 2.25. The highest BCUT2D eigenvalue weighted by molar-refractivity contribution is 5.95. The van der Waals surface area contributed by atoms with Crippen LogP contribution in [0.15, 0.2) is 42.5 Å². The van der Waals surface area contributed by atoms with E-state index in [1.165, 1.54) is 22.2 Å². The molecular weight excluding hydrogens is 336 g/mol. The number of fused-ring (bicyclic) bond motifs is 3. The summed E-state index contributed by atoms with van der Waals surface area (Å²) >= 11 is 0. The second-order valence-corrected chi connectivity index (χ2v) is 8.30. The number of carbonyl (C=O) groups excluding carboxylic acids is 1. The monoisotopic (exact) mass is 362 g/mol. The third-order valence-electron chi connectivity index (χ3n) is 5.47. The number of rotatable bonds is 2. The third kappa shape index (κ3) is 3.20. The van der Waals surface area contributed by atoms with Crippen molar-refractivity contribution < 1.29 is 9.53 Å². The summed E-state index contributed by atoms with van der Waals surface area (Å²) in [4.78, 5) is 18.5. The number of nitrogens with zero attached hydrogens (tertiary/aromatic N) is 1. The zero-order valence-electron chi connectivity index (χ0n) is 16.4. The van der Waals surface area contributed by atoms with Crippen molar-refractivity contribution in [1.82, 2.24) is 9.88 Å². The SMILES string of the molecule is COc1ccc(C(=O)N2CCc3[nH]c4ccc(C(C)(C)C)cc4c3C2)cc1. The van der Waals surface area contributed by atoms with Crippen LogP contribution in [0, 0.1) is 0 Å². The molecule has 0 fully saturated rings. The predicted molar refractivity (Wildman–Crippen MR) is 108 cm³/mol. The molecule has 0 saturated heterocycles. The van der Waals surface area contributed by atoms with Crippen molar-refractivity contribution in [2.24, 2.45) is 0 Å². The number of aromatic amines is 1. The van der Waals surface area contributed by atoms with Crippen molar-refractivity contribution in [2.75, 3.05) is 13.7 Å². The van der Waals surface area contributed by atoms with Crippen LogP contribution in [-0.2, 0) is 18.4 Å². The van der Waals surface area contributed by atoms with E-state index in [1.54, 1.807) is 7.11 Å². The van der Waals surface area contributed by atoms with Gasteiger partial charge in [-0.05, 0) is 47.4 Å². The topological polar surface area (TPSA) is 45.3 Å². The Hall–Kier alpha value is -2.75. The van der Waals surface area contributed by atoms with Gasteiger partial charge in [0.2, 0.25) is 0 Å². The van der Waals surface area contributed by atoms with Crippen LogP contribution in [0.3, 0.4) is 0 Å². The highest BCUT2D eigenvalue weighted by atomic mass is 16.5. The number of methoxy groups -OCH3 is 1. The van der Waals surface area contributed by atoms with Gasteiger partial charge in [0, 0.05) is 47.2 Å². The quantitative estimate of drug-likeness (QED) is 0.720. The zero-order chi connectivity index (χ0) is 19.2. The number of benzene rings is 2. The maximum Gasteiger partial charge on any atom is 0.254 e. The standard InChI is InChI=1S/C23H26N2O2/c1-23(2,3)16-7-10-20-18(13-16)19-14-25(12-11-21(19)24-20)22(26)15-5-8-17(27-4)9-6-15/h5-10,13,24H,11-12,14H2,1-4H3. The molecule has 0 unspecified atom stereocenters. The Morgan fingerprint density at radius 2 is 1.85 bits per heavy atom. The molecule has 1 N–H and O–H groups in total. The molecular formula is C23H26N2O2. The molecule has 140 valence electrons. The van der Waals surface area contributed by atoms with Crippen LogP contribution >= 0.6 is 0 Å². The molecule has 1 aliphatic heterocycles. The van der Waals surface area contributed by atoms with Gasteiger partial charge in [-0.1, -0.05) is 26.8 Å². The number of hydrogen-bond donors (Lipinski definition) is 1. The summed E-state index contributed by atoms with van der Waals surface area (Å²) in [7, 11) is 1.63. The fourth-order valence-corrected chi connectivity index (χ4v) is 3.77. The van der Waals surface area contributed by atoms with Gasteiger partial charge in [-0.2, -0.15) is 0 Å². The van der Waals surface area contributed by atoms with Crippen molar-refractivity contribution in [3.8, 4) is 5.75 Å². The first-order valence-electron chi connectivity index (χ1n) is 9.44. The predicted octanol–water partition coefficient (Wildman–Crippen LogP) is 4.67. The number of aromatic nitrogens is 1. The number of amides is 1. The Kier molecular flexibility index (Phi) is 4.22. The molecule has 1 aromatic heterocycles. The Bertz CT molecular complexity index is 994. The van der Waals surface area contributed by atoms with E-state index in [1.807, 2.05) is 29.2 Å². The average molecular weight is 362 g/mol. The van der Waals surface area contributed by atoms with Crippen molar-refractivity contribution in [2.45, 2.75) is 39.2 Å². The molecule has 0 aliphatic carbocycles. The number of carbonyl (C=O) groups is 1. The third-order valence-corrected chi connectivity index (χ3v) is 5.47. The summed E-state index contributed by atoms with van der Waals surface area (Å²) in [6.45, 7) is 8.07. The average Bonchev–Trinajstić information content (AvgIpc) is 3.04. The lowest BCUT2D eigenvalue weighted by atomic mass is 9.86. The summed E-state index contributed by atoms with van der Waals surface area (Å²) < 4.78 is 5.19. The van der Waals surface area contributed by atoms with E-state index in [0.717, 1.165) is 24.2 Å². The minimum atomic E-state index is 0.0737. The second-order valence-electron chi connectivity index (χ2n) is 8.30. The first-order chi connectivity index (χ1) is 12.9. The van der Waals surface area contributed by atoms with Crippen LogP contribution in [0.5, 0.6) is 5.75 Å². The molecule has 0 atom stereocenters. The molecule has 0 saturated carbocycles. The molecule has 4 heteroatoms. The van der Waals surface area contributed by atoms with E-state index in [9.17, 15) is 4.79 Å². The van der Waals surface area contributed by atoms with Gasteiger partial charge < -0.3 is 14.6 Å². The molecule has 0 radical (unpaired) electrons. The van der Waals surface area contributed by atoms with Crippen molar-refractivity contribution in [1.29, 1.82) is 0 Å². The molecule has 2 aromatic carbocycles. The van der Waals surface area contributed by atoms with E-state index >= 15 is 0 Å². The van der Waals surface area contributed by atoms with Crippen LogP contribution < -0.4 is 4.74 Å². The largest absolute Gasteiger partial charge is 0.497 e. The summed E-state index contributed by atoms with van der Waals surface area (Å²) in [6, 6.07) is 14.0. The summed E-state index contributed by atoms with van der Waals surface area (Å²) in [5.41, 5.74) is 5.79. The van der Waals surface area contributed by atoms with E-state index in [-0.39, 0.29) is 11.3 Å². The number of H-pyrrole nitrogens is 1. The second kappa shape index (κ2) is 6.45. The van der Waals surface area contributed by atoms with Gasteiger partial charge in [-0.25, -0.2) is 0 Å². The van der Waals surface area contributed by atoms with Crippen molar-refractivity contribution in [3.05, 3.63) is 64.8 Å². The van der Waals surface area contributed by atoms with Gasteiger partial charge in [0.25, 0.3) is 5.91 Å². The lowest BCUT2D eigenvalue weighted by Crippen LogP contribution is -2.35. The molecule has 27 heavy (non-hydrogen) atoms. The molecule has 3 aromatic rings. The molecule has 1 aliphatic rings. The first kappa shape index (κ1) is 17.7. The maximum absolute atomic E-state index is 13.0. The Morgan fingerprint density at radius 3 is 2.52 bits per heavy atom. The molecule has 4 rings (SSSR count). The van der Waals surface area contributed by atoms with Gasteiger partial charge in [0.1, 0.15) is 5.75 Å². The van der Waals surface area contributed by atoms with Crippen LogP contribution in [0.1, 0.15) is 48.0 Å². The first-order valence-corrected chi connectivity index (χ1v) is 9.44. The molecule has 4 nitrogen and oxygen atoms in total. The minimum Gasteiger partial charge on any atom is -0.497 e. The maximum atomic E-state index is 13.0. The van der Waals surface area contributed by atoms with E-state index in [0.29, 0.717) is 12.1 Å². The Labute approximate surface area is 160 Å². The molecule has 1 amide bonds. The van der Waals surface area contributed by atoms with Crippen LogP contribution in [0.25, 0.3) is 10.9 Å². The van der Waals surface area contributed by atoms with Crippen molar-refractivity contribution >= 4 is 16.8 Å². The fourth-order valence-electron chi connectivity index (χ4n) is 3.77. The van der Waals surface area contributed by atoms with Crippen LogP contribution in [0.4, 0.5) is 0 Å². The number of ether oxygens (including phenoxy) is 1. The lowest BCUT2D eigenvalue weighted by molar-refractivity contribution is 0.0735. The summed E-state index contributed by atoms with van der Waals surface area (Å²) in [5.74, 6) is 0.837. The van der Waals surface area contributed by atoms with Gasteiger partial charge >= 0.3 is 0 Å². The normalized spacial score (nSPS) is 14.3. The molecule has 0 spiro atoms. The van der Waals surface area contributed by atoms with E-state index < -0.39 is 0 Å². The Balaban J connectivity index is 1.65. The summed E-state index contributed by atoms with van der Waals surface area (Å²) in [5, 5.41) is 1.24. The van der Waals surface area contributed by atoms with Crippen LogP contribution in [0.2, 0.25) is 0 Å². The zero-order valence-corrected chi connectivity index (χ0v) is 16.4. The number of nitrogens with one attached hydrogen (secondary N) is 1. The summed E-state index contributed by atoms with van der Waals surface area (Å²) in [6.07, 6.45) is 0.858. The smallest absolute Gasteiger partial charge is 0.254 e. The number of hydrogen-bond acceptors (Lipinski definition) is 2. The Morgan fingerprint density at radius 1 is 1.11 bits per heavy atom. The van der Waals surface area contributed by atoms with Gasteiger partial charge in [0.05, 0.1) is 7.11 Å². The fraction of sp³-hybridized carbons (Fsp3) is 0.348.